The van der Waals surface area contributed by atoms with Crippen molar-refractivity contribution in [3.05, 3.63) is 36.8 Å². The molecule has 2 fully saturated rings. The van der Waals surface area contributed by atoms with Gasteiger partial charge >= 0.3 is 0 Å². The fraction of sp³-hybridized carbons (Fsp3) is 0.478. The molecule has 2 N–H and O–H groups in total. The summed E-state index contributed by atoms with van der Waals surface area (Å²) in [7, 11) is 0. The topological polar surface area (TPSA) is 103 Å². The Kier molecular flexibility index (Phi) is 6.11. The minimum absolute atomic E-state index is 0.157. The van der Waals surface area contributed by atoms with Crippen LogP contribution in [0, 0.1) is 0 Å². The van der Waals surface area contributed by atoms with E-state index in [1.165, 1.54) is 0 Å². The fourth-order valence-electron chi connectivity index (χ4n) is 3.97. The highest BCUT2D eigenvalue weighted by Gasteiger charge is 2.28. The Morgan fingerprint density at radius 3 is 2.81 bits per heavy atom. The van der Waals surface area contributed by atoms with Gasteiger partial charge in [-0.3, -0.25) is 4.98 Å². The van der Waals surface area contributed by atoms with Crippen molar-refractivity contribution in [1.29, 1.82) is 0 Å². The zero-order chi connectivity index (χ0) is 21.8. The Balaban J connectivity index is 1.37. The second-order valence-corrected chi connectivity index (χ2v) is 8.42. The zero-order valence-electron chi connectivity index (χ0n) is 18.2. The van der Waals surface area contributed by atoms with E-state index in [1.54, 1.807) is 18.6 Å². The van der Waals surface area contributed by atoms with E-state index in [1.807, 2.05) is 18.2 Å². The molecule has 3 aromatic heterocycles. The first-order chi connectivity index (χ1) is 15.7. The predicted octanol–water partition coefficient (Wildman–Crippen LogP) is 2.44. The molecule has 0 spiro atoms. The van der Waals surface area contributed by atoms with Crippen molar-refractivity contribution in [1.82, 2.24) is 25.3 Å². The summed E-state index contributed by atoms with van der Waals surface area (Å²) in [6.45, 7) is 6.52. The first-order valence-corrected chi connectivity index (χ1v) is 11.1. The van der Waals surface area contributed by atoms with E-state index in [9.17, 15) is 0 Å². The maximum atomic E-state index is 5.99. The largest absolute Gasteiger partial charge is 0.474 e. The van der Waals surface area contributed by atoms with Gasteiger partial charge in [0.2, 0.25) is 5.88 Å². The summed E-state index contributed by atoms with van der Waals surface area (Å²) in [5, 5.41) is 6.82. The summed E-state index contributed by atoms with van der Waals surface area (Å²) in [4.78, 5) is 18.3. The molecule has 0 saturated carbocycles. The molecule has 1 unspecified atom stereocenters. The molecule has 0 aliphatic carbocycles. The van der Waals surface area contributed by atoms with Crippen molar-refractivity contribution in [2.45, 2.75) is 31.5 Å². The summed E-state index contributed by atoms with van der Waals surface area (Å²) >= 11 is 0. The summed E-state index contributed by atoms with van der Waals surface area (Å²) in [5.41, 5.74) is 2.86. The number of nitrogens with zero attached hydrogens (tertiary/aromatic N) is 4. The number of morpholine rings is 1. The van der Waals surface area contributed by atoms with E-state index in [0.717, 1.165) is 61.4 Å². The van der Waals surface area contributed by atoms with Gasteiger partial charge in [0.05, 0.1) is 36.6 Å². The molecule has 0 bridgehead atoms. The van der Waals surface area contributed by atoms with Crippen LogP contribution in [0.25, 0.3) is 22.3 Å². The quantitative estimate of drug-likeness (QED) is 0.603. The smallest absolute Gasteiger partial charge is 0.213 e. The standard InChI is InChI=1S/C23H28N6O3/c1-23(14-24-8-11-31-23)15-28-22-21-19(25-6-7-26-21)12-18(29-22)16-2-3-20(27-13-16)32-17-4-9-30-10-5-17/h2-3,6-7,12-13,17,24H,4-5,8-11,14-15H2,1H3,(H,28,29). The maximum absolute atomic E-state index is 5.99. The van der Waals surface area contributed by atoms with Crippen LogP contribution in [0.1, 0.15) is 19.8 Å². The lowest BCUT2D eigenvalue weighted by molar-refractivity contribution is -0.0425. The lowest BCUT2D eigenvalue weighted by atomic mass is 10.1. The lowest BCUT2D eigenvalue weighted by Gasteiger charge is -2.34. The average molecular weight is 437 g/mol. The van der Waals surface area contributed by atoms with E-state index in [2.05, 4.69) is 32.5 Å². The van der Waals surface area contributed by atoms with Gasteiger partial charge in [-0.25, -0.2) is 15.0 Å². The van der Waals surface area contributed by atoms with Crippen molar-refractivity contribution in [2.75, 3.05) is 44.8 Å². The van der Waals surface area contributed by atoms with Gasteiger partial charge in [0, 0.05) is 62.7 Å². The number of hydrogen-bond donors (Lipinski definition) is 2. The van der Waals surface area contributed by atoms with Gasteiger partial charge in [-0.05, 0) is 19.1 Å². The third-order valence-electron chi connectivity index (χ3n) is 5.80. The van der Waals surface area contributed by atoms with Gasteiger partial charge in [-0.2, -0.15) is 0 Å². The van der Waals surface area contributed by atoms with Crippen LogP contribution in [0.5, 0.6) is 5.88 Å². The highest BCUT2D eigenvalue weighted by molar-refractivity contribution is 5.88. The summed E-state index contributed by atoms with van der Waals surface area (Å²) in [6.07, 6.45) is 7.10. The molecule has 9 nitrogen and oxygen atoms in total. The molecule has 1 atom stereocenters. The van der Waals surface area contributed by atoms with Crippen molar-refractivity contribution < 1.29 is 14.2 Å². The second kappa shape index (κ2) is 9.32. The maximum Gasteiger partial charge on any atom is 0.213 e. The molecule has 5 rings (SSSR count). The molecule has 32 heavy (non-hydrogen) atoms. The SMILES string of the molecule is CC1(CNc2nc(-c3ccc(OC4CCOCC4)nc3)cc3nccnc23)CNCCO1. The number of hydrogen-bond acceptors (Lipinski definition) is 9. The summed E-state index contributed by atoms with van der Waals surface area (Å²) in [6, 6.07) is 5.80. The van der Waals surface area contributed by atoms with Crippen LogP contribution in [-0.2, 0) is 9.47 Å². The highest BCUT2D eigenvalue weighted by atomic mass is 16.5. The first kappa shape index (κ1) is 21.0. The monoisotopic (exact) mass is 436 g/mol. The van der Waals surface area contributed by atoms with Gasteiger partial charge in [0.25, 0.3) is 0 Å². The first-order valence-electron chi connectivity index (χ1n) is 11.1. The fourth-order valence-corrected chi connectivity index (χ4v) is 3.97. The molecule has 2 aliphatic heterocycles. The molecule has 2 saturated heterocycles. The molecule has 0 radical (unpaired) electrons. The second-order valence-electron chi connectivity index (χ2n) is 8.42. The van der Waals surface area contributed by atoms with Crippen LogP contribution in [0.2, 0.25) is 0 Å². The molecule has 9 heteroatoms. The molecule has 168 valence electrons. The number of ether oxygens (including phenoxy) is 3. The van der Waals surface area contributed by atoms with E-state index >= 15 is 0 Å². The van der Waals surface area contributed by atoms with Crippen LogP contribution < -0.4 is 15.4 Å². The molecular formula is C23H28N6O3. The molecule has 0 amide bonds. The van der Waals surface area contributed by atoms with Crippen LogP contribution >= 0.6 is 0 Å². The van der Waals surface area contributed by atoms with E-state index in [-0.39, 0.29) is 11.7 Å². The van der Waals surface area contributed by atoms with Crippen molar-refractivity contribution in [2.24, 2.45) is 0 Å². The number of fused-ring (bicyclic) bond motifs is 1. The van der Waals surface area contributed by atoms with E-state index in [0.29, 0.717) is 24.8 Å². The normalized spacial score (nSPS) is 22.0. The van der Waals surface area contributed by atoms with Crippen molar-refractivity contribution in [3.8, 4) is 17.1 Å². The predicted molar refractivity (Wildman–Crippen MR) is 121 cm³/mol. The number of aromatic nitrogens is 4. The van der Waals surface area contributed by atoms with E-state index < -0.39 is 0 Å². The van der Waals surface area contributed by atoms with Crippen molar-refractivity contribution >= 4 is 16.9 Å². The Morgan fingerprint density at radius 1 is 1.16 bits per heavy atom. The number of pyridine rings is 2. The molecular weight excluding hydrogens is 408 g/mol. The van der Waals surface area contributed by atoms with Crippen LogP contribution in [0.3, 0.4) is 0 Å². The molecule has 5 heterocycles. The minimum Gasteiger partial charge on any atom is -0.474 e. The summed E-state index contributed by atoms with van der Waals surface area (Å²) < 4.78 is 17.3. The van der Waals surface area contributed by atoms with Crippen LogP contribution in [0.4, 0.5) is 5.82 Å². The van der Waals surface area contributed by atoms with Gasteiger partial charge in [-0.15, -0.1) is 0 Å². The van der Waals surface area contributed by atoms with Gasteiger partial charge in [0.15, 0.2) is 5.82 Å². The van der Waals surface area contributed by atoms with Crippen molar-refractivity contribution in [3.63, 3.8) is 0 Å². The Morgan fingerprint density at radius 2 is 2.03 bits per heavy atom. The molecule has 0 aromatic carbocycles. The zero-order valence-corrected chi connectivity index (χ0v) is 18.2. The number of rotatable bonds is 6. The van der Waals surface area contributed by atoms with Gasteiger partial charge in [-0.1, -0.05) is 0 Å². The van der Waals surface area contributed by atoms with Gasteiger partial charge in [0.1, 0.15) is 11.6 Å². The minimum atomic E-state index is -0.310. The Labute approximate surface area is 186 Å². The van der Waals surface area contributed by atoms with Crippen LogP contribution in [-0.4, -0.2) is 71.1 Å². The molecule has 3 aromatic rings. The Bertz CT molecular complexity index is 1050. The third-order valence-corrected chi connectivity index (χ3v) is 5.80. The number of anilines is 1. The molecule has 2 aliphatic rings. The average Bonchev–Trinajstić information content (AvgIpc) is 2.84. The lowest BCUT2D eigenvalue weighted by Crippen LogP contribution is -2.51. The van der Waals surface area contributed by atoms with E-state index in [4.69, 9.17) is 19.2 Å². The number of nitrogens with one attached hydrogen (secondary N) is 2. The summed E-state index contributed by atoms with van der Waals surface area (Å²) in [5.74, 6) is 1.30. The Hall–Kier alpha value is -2.88. The van der Waals surface area contributed by atoms with Gasteiger partial charge < -0.3 is 24.8 Å². The third kappa shape index (κ3) is 4.79. The van der Waals surface area contributed by atoms with Crippen LogP contribution in [0.15, 0.2) is 36.8 Å². The highest BCUT2D eigenvalue weighted by Crippen LogP contribution is 2.27.